The van der Waals surface area contributed by atoms with Gasteiger partial charge < -0.3 is 14.6 Å². The molecule has 0 saturated carbocycles. The molecule has 1 aromatic carbocycles. The minimum Gasteiger partial charge on any atom is -0.416 e. The Labute approximate surface area is 178 Å². The second-order valence-electron chi connectivity index (χ2n) is 7.61. The second-order valence-corrected chi connectivity index (χ2v) is 10.8. The molecular formula is C19H22N4O5S2. The van der Waals surface area contributed by atoms with Crippen LogP contribution in [0.5, 0.6) is 0 Å². The number of anilines is 2. The van der Waals surface area contributed by atoms with Crippen LogP contribution in [-0.4, -0.2) is 53.7 Å². The highest BCUT2D eigenvalue weighted by Crippen LogP contribution is 2.32. The fourth-order valence-corrected chi connectivity index (χ4v) is 6.32. The van der Waals surface area contributed by atoms with Crippen LogP contribution in [0.25, 0.3) is 0 Å². The number of amides is 2. The molecular weight excluding hydrogens is 428 g/mol. The first-order chi connectivity index (χ1) is 14.3. The number of para-hydroxylation sites is 2. The van der Waals surface area contributed by atoms with E-state index in [1.165, 1.54) is 0 Å². The SMILES string of the molecule is C[C@H]1CC(=O)Nc2ccccc2N1C(=O)CSc1nnc(C[C@H]2CCS(=O)(=O)C2)o1. The summed E-state index contributed by atoms with van der Waals surface area (Å²) in [5.74, 6) is 0.507. The molecule has 160 valence electrons. The Kier molecular flexibility index (Phi) is 5.83. The standard InChI is InChI=1S/C19H22N4O5S2/c1-12-8-16(24)20-14-4-2-3-5-15(14)23(12)18(25)10-29-19-22-21-17(28-19)9-13-6-7-30(26,27)11-13/h2-5,12-13H,6-11H2,1H3,(H,20,24)/t12-,13+/m0/s1. The Hall–Kier alpha value is -2.40. The van der Waals surface area contributed by atoms with Gasteiger partial charge in [-0.1, -0.05) is 23.9 Å². The first kappa shape index (κ1) is 20.9. The largest absolute Gasteiger partial charge is 0.416 e. The van der Waals surface area contributed by atoms with E-state index in [-0.39, 0.29) is 52.7 Å². The topological polar surface area (TPSA) is 122 Å². The molecule has 0 spiro atoms. The van der Waals surface area contributed by atoms with E-state index in [4.69, 9.17) is 4.42 Å². The van der Waals surface area contributed by atoms with Crippen molar-refractivity contribution in [2.75, 3.05) is 27.5 Å². The van der Waals surface area contributed by atoms with Crippen LogP contribution in [0, 0.1) is 5.92 Å². The Morgan fingerprint density at radius 2 is 2.13 bits per heavy atom. The molecule has 2 aliphatic heterocycles. The molecule has 1 fully saturated rings. The number of benzene rings is 1. The fraction of sp³-hybridized carbons (Fsp3) is 0.474. The smallest absolute Gasteiger partial charge is 0.277 e. The van der Waals surface area contributed by atoms with Gasteiger partial charge in [0.25, 0.3) is 5.22 Å². The lowest BCUT2D eigenvalue weighted by Gasteiger charge is -2.27. The summed E-state index contributed by atoms with van der Waals surface area (Å²) in [6, 6.07) is 6.92. The van der Waals surface area contributed by atoms with Crippen molar-refractivity contribution in [1.82, 2.24) is 10.2 Å². The van der Waals surface area contributed by atoms with Crippen LogP contribution in [0.1, 0.15) is 25.7 Å². The van der Waals surface area contributed by atoms with Crippen LogP contribution in [0.3, 0.4) is 0 Å². The third kappa shape index (κ3) is 4.67. The number of rotatable bonds is 5. The number of hydrogen-bond donors (Lipinski definition) is 1. The minimum atomic E-state index is -2.95. The molecule has 4 rings (SSSR count). The number of fused-ring (bicyclic) bond motifs is 1. The molecule has 11 heteroatoms. The van der Waals surface area contributed by atoms with Crippen LogP contribution < -0.4 is 10.2 Å². The average molecular weight is 451 g/mol. The maximum absolute atomic E-state index is 13.0. The zero-order chi connectivity index (χ0) is 21.3. The van der Waals surface area contributed by atoms with E-state index in [1.54, 1.807) is 17.0 Å². The van der Waals surface area contributed by atoms with E-state index in [1.807, 2.05) is 19.1 Å². The first-order valence-electron chi connectivity index (χ1n) is 9.67. The van der Waals surface area contributed by atoms with E-state index in [0.717, 1.165) is 11.8 Å². The zero-order valence-electron chi connectivity index (χ0n) is 16.4. The van der Waals surface area contributed by atoms with Crippen molar-refractivity contribution in [2.45, 2.75) is 37.5 Å². The lowest BCUT2D eigenvalue weighted by atomic mass is 10.1. The van der Waals surface area contributed by atoms with Crippen LogP contribution in [0.2, 0.25) is 0 Å². The van der Waals surface area contributed by atoms with E-state index in [2.05, 4.69) is 15.5 Å². The number of nitrogens with zero attached hydrogens (tertiary/aromatic N) is 3. The van der Waals surface area contributed by atoms with Crippen LogP contribution in [-0.2, 0) is 25.8 Å². The Bertz CT molecular complexity index is 1070. The van der Waals surface area contributed by atoms with Crippen molar-refractivity contribution in [2.24, 2.45) is 5.92 Å². The van der Waals surface area contributed by atoms with Crippen molar-refractivity contribution in [3.8, 4) is 0 Å². The number of carbonyl (C=O) groups excluding carboxylic acids is 2. The summed E-state index contributed by atoms with van der Waals surface area (Å²) in [7, 11) is -2.95. The van der Waals surface area contributed by atoms with Gasteiger partial charge in [0.15, 0.2) is 9.84 Å². The first-order valence-corrected chi connectivity index (χ1v) is 12.5. The molecule has 2 aromatic rings. The normalized spacial score (nSPS) is 23.0. The van der Waals surface area contributed by atoms with Crippen molar-refractivity contribution < 1.29 is 22.4 Å². The maximum Gasteiger partial charge on any atom is 0.277 e. The van der Waals surface area contributed by atoms with Crippen molar-refractivity contribution >= 4 is 44.8 Å². The van der Waals surface area contributed by atoms with Gasteiger partial charge in [-0.15, -0.1) is 10.2 Å². The summed E-state index contributed by atoms with van der Waals surface area (Å²) in [4.78, 5) is 26.7. The quantitative estimate of drug-likeness (QED) is 0.686. The monoisotopic (exact) mass is 450 g/mol. The maximum atomic E-state index is 13.0. The molecule has 1 saturated heterocycles. The van der Waals surface area contributed by atoms with Crippen LogP contribution >= 0.6 is 11.8 Å². The van der Waals surface area contributed by atoms with Crippen molar-refractivity contribution in [1.29, 1.82) is 0 Å². The van der Waals surface area contributed by atoms with Gasteiger partial charge in [-0.2, -0.15) is 0 Å². The number of hydrogen-bond acceptors (Lipinski definition) is 8. The van der Waals surface area contributed by atoms with Crippen LogP contribution in [0.15, 0.2) is 33.9 Å². The average Bonchev–Trinajstić information content (AvgIpc) is 3.23. The highest BCUT2D eigenvalue weighted by molar-refractivity contribution is 7.99. The number of thioether (sulfide) groups is 1. The van der Waals surface area contributed by atoms with Crippen LogP contribution in [0.4, 0.5) is 11.4 Å². The molecule has 1 N–H and O–H groups in total. The summed E-state index contributed by atoms with van der Waals surface area (Å²) >= 11 is 1.13. The molecule has 3 heterocycles. The number of nitrogens with one attached hydrogen (secondary N) is 1. The predicted molar refractivity (Wildman–Crippen MR) is 112 cm³/mol. The van der Waals surface area contributed by atoms with Gasteiger partial charge >= 0.3 is 0 Å². The van der Waals surface area contributed by atoms with E-state index in [9.17, 15) is 18.0 Å². The summed E-state index contributed by atoms with van der Waals surface area (Å²) in [6.07, 6.45) is 1.23. The van der Waals surface area contributed by atoms with Gasteiger partial charge in [-0.25, -0.2) is 8.42 Å². The molecule has 2 atom stereocenters. The molecule has 0 unspecified atom stereocenters. The van der Waals surface area contributed by atoms with Crippen molar-refractivity contribution in [3.05, 3.63) is 30.2 Å². The molecule has 30 heavy (non-hydrogen) atoms. The third-order valence-corrected chi connectivity index (χ3v) is 7.83. The molecule has 0 bridgehead atoms. The van der Waals surface area contributed by atoms with Gasteiger partial charge in [0.05, 0.1) is 28.6 Å². The molecule has 0 radical (unpaired) electrons. The highest BCUT2D eigenvalue weighted by Gasteiger charge is 2.31. The zero-order valence-corrected chi connectivity index (χ0v) is 18.0. The summed E-state index contributed by atoms with van der Waals surface area (Å²) < 4.78 is 28.8. The van der Waals surface area contributed by atoms with E-state index < -0.39 is 9.84 Å². The molecule has 0 aliphatic carbocycles. The summed E-state index contributed by atoms with van der Waals surface area (Å²) in [5, 5.41) is 11.0. The Balaban J connectivity index is 1.40. The van der Waals surface area contributed by atoms with Gasteiger partial charge in [-0.3, -0.25) is 9.59 Å². The third-order valence-electron chi connectivity index (χ3n) is 5.19. The molecule has 2 aliphatic rings. The summed E-state index contributed by atoms with van der Waals surface area (Å²) in [6.45, 7) is 1.84. The lowest BCUT2D eigenvalue weighted by molar-refractivity contribution is -0.117. The number of carbonyl (C=O) groups is 2. The van der Waals surface area contributed by atoms with Crippen molar-refractivity contribution in [3.63, 3.8) is 0 Å². The van der Waals surface area contributed by atoms with Gasteiger partial charge in [0.2, 0.25) is 17.7 Å². The Morgan fingerprint density at radius 1 is 1.33 bits per heavy atom. The predicted octanol–water partition coefficient (Wildman–Crippen LogP) is 1.90. The van der Waals surface area contributed by atoms with Gasteiger partial charge in [0.1, 0.15) is 0 Å². The molecule has 1 aromatic heterocycles. The van der Waals surface area contributed by atoms with Gasteiger partial charge in [-0.05, 0) is 31.4 Å². The highest BCUT2D eigenvalue weighted by atomic mass is 32.2. The number of aromatic nitrogens is 2. The fourth-order valence-electron chi connectivity index (χ4n) is 3.82. The summed E-state index contributed by atoms with van der Waals surface area (Å²) in [5.41, 5.74) is 1.27. The van der Waals surface area contributed by atoms with E-state index in [0.29, 0.717) is 30.1 Å². The lowest BCUT2D eigenvalue weighted by Crippen LogP contribution is -2.40. The molecule has 9 nitrogen and oxygen atoms in total. The second kappa shape index (κ2) is 8.38. The molecule has 2 amide bonds. The van der Waals surface area contributed by atoms with Gasteiger partial charge in [0, 0.05) is 18.9 Å². The van der Waals surface area contributed by atoms with E-state index >= 15 is 0 Å². The Morgan fingerprint density at radius 3 is 2.90 bits per heavy atom. The number of sulfone groups is 1. The minimum absolute atomic E-state index is 0.00517.